The third-order valence-corrected chi connectivity index (χ3v) is 5.60. The van der Waals surface area contributed by atoms with Crippen molar-refractivity contribution in [2.45, 2.75) is 32.5 Å². The summed E-state index contributed by atoms with van der Waals surface area (Å²) < 4.78 is 7.73. The third-order valence-electron chi connectivity index (χ3n) is 5.60. The summed E-state index contributed by atoms with van der Waals surface area (Å²) in [5.41, 5.74) is 2.18. The van der Waals surface area contributed by atoms with Gasteiger partial charge in [0.2, 0.25) is 5.91 Å². The lowest BCUT2D eigenvalue weighted by atomic mass is 9.99. The number of aromatic nitrogens is 2. The number of hydrogen-bond acceptors (Lipinski definition) is 4. The first-order valence-electron chi connectivity index (χ1n) is 9.89. The topological polar surface area (TPSA) is 59.4 Å². The highest BCUT2D eigenvalue weighted by atomic mass is 16.5. The lowest BCUT2D eigenvalue weighted by molar-refractivity contribution is -0.126. The van der Waals surface area contributed by atoms with E-state index in [9.17, 15) is 4.79 Å². The Bertz CT molecular complexity index is 740. The Hall–Kier alpha value is -2.18. The van der Waals surface area contributed by atoms with Crippen LogP contribution in [0.1, 0.15) is 24.2 Å². The maximum atomic E-state index is 12.9. The average Bonchev–Trinajstić information content (AvgIpc) is 3.06. The van der Waals surface area contributed by atoms with E-state index in [2.05, 4.69) is 38.1 Å². The van der Waals surface area contributed by atoms with E-state index in [0.29, 0.717) is 12.5 Å². The van der Waals surface area contributed by atoms with Crippen molar-refractivity contribution < 1.29 is 9.53 Å². The molecule has 144 valence electrons. The van der Waals surface area contributed by atoms with Crippen LogP contribution >= 0.6 is 0 Å². The Labute approximate surface area is 160 Å². The zero-order valence-corrected chi connectivity index (χ0v) is 15.7. The van der Waals surface area contributed by atoms with E-state index in [1.807, 2.05) is 18.2 Å². The summed E-state index contributed by atoms with van der Waals surface area (Å²) in [7, 11) is 0. The van der Waals surface area contributed by atoms with Gasteiger partial charge in [0.15, 0.2) is 0 Å². The molecular formula is C21H28N4O2. The molecular weight excluding hydrogens is 340 g/mol. The van der Waals surface area contributed by atoms with Gasteiger partial charge in [0, 0.05) is 57.5 Å². The summed E-state index contributed by atoms with van der Waals surface area (Å²) in [5, 5.41) is 3.08. The Kier molecular flexibility index (Phi) is 5.84. The molecule has 1 atom stereocenters. The van der Waals surface area contributed by atoms with Gasteiger partial charge in [0.05, 0.1) is 18.2 Å². The Balaban J connectivity index is 1.41. The standard InChI is InChI=1S/C21H28N4O2/c26-21(23-12-19-4-1-2-8-22-19)18-14-24(13-17-6-10-27-11-7-17)16-20-5-3-9-25(20)15-18/h1-5,8-9,17-18H,6-7,10-16H2,(H,23,26). The van der Waals surface area contributed by atoms with Crippen molar-refractivity contribution in [3.8, 4) is 0 Å². The minimum Gasteiger partial charge on any atom is -0.381 e. The van der Waals surface area contributed by atoms with E-state index in [0.717, 1.165) is 57.9 Å². The second-order valence-corrected chi connectivity index (χ2v) is 7.64. The van der Waals surface area contributed by atoms with E-state index < -0.39 is 0 Å². The number of carbonyl (C=O) groups excluding carboxylic acids is 1. The second kappa shape index (κ2) is 8.67. The first-order chi connectivity index (χ1) is 13.3. The number of nitrogens with one attached hydrogen (secondary N) is 1. The number of ether oxygens (including phenoxy) is 1. The number of rotatable bonds is 5. The van der Waals surface area contributed by atoms with Gasteiger partial charge in [0.1, 0.15) is 0 Å². The number of carbonyl (C=O) groups is 1. The highest BCUT2D eigenvalue weighted by Gasteiger charge is 2.28. The van der Waals surface area contributed by atoms with Gasteiger partial charge in [0.25, 0.3) is 0 Å². The molecule has 2 aliphatic rings. The van der Waals surface area contributed by atoms with Crippen molar-refractivity contribution in [2.24, 2.45) is 11.8 Å². The van der Waals surface area contributed by atoms with Gasteiger partial charge < -0.3 is 14.6 Å². The molecule has 1 N–H and O–H groups in total. The van der Waals surface area contributed by atoms with Crippen LogP contribution in [-0.2, 0) is 29.2 Å². The molecule has 1 amide bonds. The van der Waals surface area contributed by atoms with Crippen molar-refractivity contribution in [2.75, 3.05) is 26.3 Å². The molecule has 27 heavy (non-hydrogen) atoms. The van der Waals surface area contributed by atoms with E-state index >= 15 is 0 Å². The lowest BCUT2D eigenvalue weighted by Crippen LogP contribution is -2.40. The minimum absolute atomic E-state index is 0.0535. The van der Waals surface area contributed by atoms with Gasteiger partial charge in [-0.1, -0.05) is 6.07 Å². The van der Waals surface area contributed by atoms with Crippen LogP contribution in [0.25, 0.3) is 0 Å². The molecule has 4 rings (SSSR count). The quantitative estimate of drug-likeness (QED) is 0.878. The highest BCUT2D eigenvalue weighted by molar-refractivity contribution is 5.78. The predicted octanol–water partition coefficient (Wildman–Crippen LogP) is 2.06. The highest BCUT2D eigenvalue weighted by Crippen LogP contribution is 2.22. The van der Waals surface area contributed by atoms with E-state index in [4.69, 9.17) is 4.74 Å². The third kappa shape index (κ3) is 4.76. The maximum Gasteiger partial charge on any atom is 0.226 e. The Morgan fingerprint density at radius 3 is 2.89 bits per heavy atom. The molecule has 0 radical (unpaired) electrons. The zero-order valence-electron chi connectivity index (χ0n) is 15.7. The van der Waals surface area contributed by atoms with Crippen molar-refractivity contribution in [3.63, 3.8) is 0 Å². The second-order valence-electron chi connectivity index (χ2n) is 7.64. The van der Waals surface area contributed by atoms with E-state index in [1.165, 1.54) is 5.69 Å². The predicted molar refractivity (Wildman–Crippen MR) is 103 cm³/mol. The van der Waals surface area contributed by atoms with Crippen LogP contribution in [0.15, 0.2) is 42.7 Å². The average molecular weight is 368 g/mol. The fraction of sp³-hybridized carbons (Fsp3) is 0.524. The van der Waals surface area contributed by atoms with Crippen LogP contribution < -0.4 is 5.32 Å². The Morgan fingerprint density at radius 1 is 1.19 bits per heavy atom. The van der Waals surface area contributed by atoms with Crippen LogP contribution in [-0.4, -0.2) is 46.7 Å². The molecule has 1 fully saturated rings. The van der Waals surface area contributed by atoms with E-state index in [-0.39, 0.29) is 11.8 Å². The van der Waals surface area contributed by atoms with Gasteiger partial charge >= 0.3 is 0 Å². The summed E-state index contributed by atoms with van der Waals surface area (Å²) in [5.74, 6) is 0.721. The number of amides is 1. The molecule has 2 aliphatic heterocycles. The van der Waals surface area contributed by atoms with Crippen LogP contribution in [0.5, 0.6) is 0 Å². The SMILES string of the molecule is O=C(NCc1ccccn1)C1CN(CC2CCOCC2)Cc2cccn2C1. The van der Waals surface area contributed by atoms with Gasteiger partial charge in [-0.15, -0.1) is 0 Å². The summed E-state index contributed by atoms with van der Waals surface area (Å²) >= 11 is 0. The summed E-state index contributed by atoms with van der Waals surface area (Å²) in [6.45, 7) is 5.70. The smallest absolute Gasteiger partial charge is 0.226 e. The van der Waals surface area contributed by atoms with Crippen molar-refractivity contribution >= 4 is 5.91 Å². The maximum absolute atomic E-state index is 12.9. The molecule has 0 aromatic carbocycles. The number of pyridine rings is 1. The molecule has 6 nitrogen and oxygen atoms in total. The van der Waals surface area contributed by atoms with Gasteiger partial charge in [-0.3, -0.25) is 14.7 Å². The van der Waals surface area contributed by atoms with Crippen LogP contribution in [0, 0.1) is 11.8 Å². The van der Waals surface area contributed by atoms with Crippen LogP contribution in [0.2, 0.25) is 0 Å². The van der Waals surface area contributed by atoms with Crippen molar-refractivity contribution in [1.82, 2.24) is 19.8 Å². The normalized spacial score (nSPS) is 21.4. The first-order valence-corrected chi connectivity index (χ1v) is 9.89. The number of fused-ring (bicyclic) bond motifs is 1. The van der Waals surface area contributed by atoms with Gasteiger partial charge in [-0.05, 0) is 43.0 Å². The largest absolute Gasteiger partial charge is 0.381 e. The summed E-state index contributed by atoms with van der Waals surface area (Å²) in [6, 6.07) is 10.0. The lowest BCUT2D eigenvalue weighted by Gasteiger charge is -2.30. The van der Waals surface area contributed by atoms with E-state index in [1.54, 1.807) is 6.20 Å². The summed E-state index contributed by atoms with van der Waals surface area (Å²) in [4.78, 5) is 19.6. The first kappa shape index (κ1) is 18.2. The minimum atomic E-state index is -0.0535. The molecule has 1 saturated heterocycles. The number of nitrogens with zero attached hydrogens (tertiary/aromatic N) is 3. The Morgan fingerprint density at radius 2 is 2.07 bits per heavy atom. The fourth-order valence-corrected chi connectivity index (χ4v) is 4.10. The molecule has 0 aliphatic carbocycles. The zero-order chi connectivity index (χ0) is 18.5. The van der Waals surface area contributed by atoms with Crippen LogP contribution in [0.4, 0.5) is 0 Å². The molecule has 2 aromatic heterocycles. The molecule has 6 heteroatoms. The van der Waals surface area contributed by atoms with Crippen molar-refractivity contribution in [3.05, 3.63) is 54.1 Å². The van der Waals surface area contributed by atoms with Crippen LogP contribution in [0.3, 0.4) is 0 Å². The summed E-state index contributed by atoms with van der Waals surface area (Å²) in [6.07, 6.45) is 6.09. The molecule has 0 spiro atoms. The monoisotopic (exact) mass is 368 g/mol. The molecule has 0 saturated carbocycles. The molecule has 0 bridgehead atoms. The molecule has 4 heterocycles. The fourth-order valence-electron chi connectivity index (χ4n) is 4.10. The van der Waals surface area contributed by atoms with Crippen molar-refractivity contribution in [1.29, 1.82) is 0 Å². The van der Waals surface area contributed by atoms with Gasteiger partial charge in [-0.25, -0.2) is 0 Å². The molecule has 1 unspecified atom stereocenters. The molecule has 2 aromatic rings. The number of hydrogen-bond donors (Lipinski definition) is 1. The van der Waals surface area contributed by atoms with Gasteiger partial charge in [-0.2, -0.15) is 0 Å².